The molecule has 1 fully saturated rings. The maximum Gasteiger partial charge on any atom is 1.00 e. The van der Waals surface area contributed by atoms with Crippen LogP contribution in [0.5, 0.6) is 0 Å². The molecule has 0 aliphatic carbocycles. The molecule has 0 spiro atoms. The Hall–Kier alpha value is 3.75. The van der Waals surface area contributed by atoms with Crippen molar-refractivity contribution in [2.75, 3.05) is 36.2 Å². The molecule has 48 heavy (non-hydrogen) atoms. The molecule has 0 radical (unpaired) electrons. The Bertz CT molecular complexity index is 1490. The Morgan fingerprint density at radius 2 is 1.67 bits per heavy atom. The number of fused-ring (bicyclic) bond motifs is 1. The van der Waals surface area contributed by atoms with Crippen molar-refractivity contribution >= 4 is 86.7 Å². The van der Waals surface area contributed by atoms with Crippen LogP contribution in [0, 0.1) is 0 Å². The van der Waals surface area contributed by atoms with Crippen LogP contribution in [0.4, 0.5) is 19.0 Å². The van der Waals surface area contributed by atoms with Gasteiger partial charge in [0.2, 0.25) is 3.82 Å². The topological polar surface area (TPSA) is 267 Å². The van der Waals surface area contributed by atoms with E-state index in [0.29, 0.717) is 24.1 Å². The van der Waals surface area contributed by atoms with E-state index >= 15 is 0 Å². The van der Waals surface area contributed by atoms with Crippen LogP contribution in [-0.2, 0) is 27.3 Å². The average Bonchev–Trinajstić information content (AvgIpc) is 3.41. The number of ether oxygens (including phenoxy) is 1. The zero-order valence-corrected chi connectivity index (χ0v) is 39.6. The Labute approximate surface area is 378 Å². The third-order valence-corrected chi connectivity index (χ3v) is 14.3. The van der Waals surface area contributed by atoms with E-state index in [1.54, 1.807) is 0 Å². The minimum absolute atomic E-state index is 0. The molecule has 1 aliphatic heterocycles. The molecule has 2 aromatic rings. The van der Waals surface area contributed by atoms with E-state index in [1.807, 2.05) is 6.26 Å². The molecule has 1 saturated heterocycles. The normalized spacial score (nSPS) is 22.3. The Balaban J connectivity index is 0. The predicted molar refractivity (Wildman–Crippen MR) is 144 cm³/mol. The van der Waals surface area contributed by atoms with Crippen LogP contribution in [0.3, 0.4) is 0 Å². The van der Waals surface area contributed by atoms with Crippen LogP contribution in [0.2, 0.25) is 0 Å². The smallest absolute Gasteiger partial charge is 0.808 e. The van der Waals surface area contributed by atoms with Gasteiger partial charge in [0, 0.05) is 18.1 Å². The second-order valence-electron chi connectivity index (χ2n) is 8.69. The number of thioether (sulfide) groups is 2. The van der Waals surface area contributed by atoms with E-state index in [4.69, 9.17) is 27.9 Å². The number of halogens is 5. The van der Waals surface area contributed by atoms with Gasteiger partial charge in [0.1, 0.15) is 18.3 Å². The van der Waals surface area contributed by atoms with E-state index in [9.17, 15) is 56.7 Å². The predicted octanol–water partition coefficient (Wildman–Crippen LogP) is -11.7. The number of alkyl halides is 5. The van der Waals surface area contributed by atoms with Gasteiger partial charge in [0.15, 0.2) is 36.0 Å². The van der Waals surface area contributed by atoms with E-state index in [-0.39, 0.29) is 140 Å². The summed E-state index contributed by atoms with van der Waals surface area (Å²) < 4.78 is 83.4. The van der Waals surface area contributed by atoms with Crippen molar-refractivity contribution in [2.45, 2.75) is 46.1 Å². The molecule has 0 saturated carbocycles. The van der Waals surface area contributed by atoms with E-state index in [0.717, 1.165) is 10.9 Å². The van der Waals surface area contributed by atoms with Gasteiger partial charge in [0.05, 0.1) is 19.4 Å². The Kier molecular flexibility index (Phi) is 24.6. The summed E-state index contributed by atoms with van der Waals surface area (Å²) in [5.74, 6) is 0.351. The Morgan fingerprint density at radius 1 is 1.06 bits per heavy atom. The van der Waals surface area contributed by atoms with E-state index < -0.39 is 76.3 Å². The maximum absolute atomic E-state index is 12.7. The molecule has 0 amide bonds. The number of phosphoric acid groups is 1. The first-order valence-electron chi connectivity index (χ1n) is 11.7. The van der Waals surface area contributed by atoms with Crippen molar-refractivity contribution in [1.29, 1.82) is 0 Å². The minimum atomic E-state index is -6.40. The summed E-state index contributed by atoms with van der Waals surface area (Å²) in [6.45, 7) is -0.835. The summed E-state index contributed by atoms with van der Waals surface area (Å²) in [5, 5.41) is 24.0. The van der Waals surface area contributed by atoms with Crippen LogP contribution < -0.4 is 143 Å². The molecule has 3 rings (SSSR count). The molecule has 2 aromatic heterocycles. The van der Waals surface area contributed by atoms with Gasteiger partial charge >= 0.3 is 124 Å². The van der Waals surface area contributed by atoms with Gasteiger partial charge in [-0.3, -0.25) is 13.4 Å². The number of imidazole rings is 1. The summed E-state index contributed by atoms with van der Waals surface area (Å²) in [6, 6.07) is 0. The van der Waals surface area contributed by atoms with Crippen molar-refractivity contribution in [3.8, 4) is 0 Å². The maximum atomic E-state index is 12.7. The fourth-order valence-electron chi connectivity index (χ4n) is 3.42. The second kappa shape index (κ2) is 21.9. The molecule has 0 bridgehead atoms. The van der Waals surface area contributed by atoms with Crippen molar-refractivity contribution in [2.24, 2.45) is 0 Å². The number of phosphoric ester groups is 1. The average molecular weight is 864 g/mol. The van der Waals surface area contributed by atoms with Gasteiger partial charge in [-0.2, -0.15) is 24.9 Å². The number of aliphatic hydroxyl groups is 2. The molecule has 17 nitrogen and oxygen atoms in total. The second-order valence-corrected chi connectivity index (χ2v) is 18.6. The Morgan fingerprint density at radius 3 is 2.21 bits per heavy atom. The van der Waals surface area contributed by atoms with Gasteiger partial charge in [0.25, 0.3) is 7.82 Å². The molecular formula is C17H21Cl2F3N5Na4O12P3S2. The monoisotopic (exact) mass is 863 g/mol. The van der Waals surface area contributed by atoms with Crippen molar-refractivity contribution < 1.29 is 188 Å². The zero-order chi connectivity index (χ0) is 33.3. The van der Waals surface area contributed by atoms with Crippen LogP contribution in [0.15, 0.2) is 11.5 Å². The van der Waals surface area contributed by atoms with E-state index in [1.165, 1.54) is 11.8 Å². The fraction of sp³-hybridized carbons (Fsp3) is 0.706. The quantitative estimate of drug-likeness (QED) is 0.0375. The van der Waals surface area contributed by atoms with Crippen LogP contribution >= 0.6 is 69.7 Å². The van der Waals surface area contributed by atoms with Crippen LogP contribution in [-0.4, -0.2) is 88.9 Å². The molecule has 0 aromatic carbocycles. The van der Waals surface area contributed by atoms with Crippen molar-refractivity contribution in [3.05, 3.63) is 6.33 Å². The molecule has 6 atom stereocenters. The third-order valence-electron chi connectivity index (χ3n) is 5.49. The first-order chi connectivity index (χ1) is 20.1. The largest absolute Gasteiger partial charge is 1.00 e. The number of hydrogen-bond acceptors (Lipinski definition) is 18. The minimum Gasteiger partial charge on any atom is -0.808 e. The third kappa shape index (κ3) is 14.4. The number of nitrogens with one attached hydrogen (secondary N) is 1. The van der Waals surface area contributed by atoms with Crippen molar-refractivity contribution in [3.63, 3.8) is 0 Å². The number of anilines is 1. The standard InChI is InChI=1S/C17H25Cl2F3N5O12P3S2.4Na/c1-43-5-3-23-12-9-13(26-15(25-12)44-4-2-16(20,21)22)27(7-24-9)14-11(29)10(28)8(38-14)6-37-42(35,36)39-41(33,34)17(18,19)40(30,31)32;;;;/h7-8,10-11,14,28-29H,2-6H2,1H3,(H,33,34)(H,35,36)(H,23,25,26)(H2,30,31,32);;;;/q;4*+1/p-4/t8-,10-,11-,14-;;;;/m1..../s1. The first-order valence-corrected chi connectivity index (χ1v) is 19.3. The number of nitrogens with zero attached hydrogens (tertiary/aromatic N) is 4. The number of aliphatic hydroxyl groups excluding tert-OH is 2. The number of hydrogen-bond donors (Lipinski definition) is 3. The van der Waals surface area contributed by atoms with Gasteiger partial charge < -0.3 is 53.5 Å². The van der Waals surface area contributed by atoms with Gasteiger partial charge in [-0.15, -0.1) is 0 Å². The zero-order valence-electron chi connectivity index (χ0n) is 25.7. The van der Waals surface area contributed by atoms with Gasteiger partial charge in [-0.25, -0.2) is 15.0 Å². The fourth-order valence-corrected chi connectivity index (χ4v) is 8.59. The summed E-state index contributed by atoms with van der Waals surface area (Å²) in [7, 11) is -18.8. The molecule has 3 heterocycles. The summed E-state index contributed by atoms with van der Waals surface area (Å²) in [6.07, 6.45) is -9.61. The summed E-state index contributed by atoms with van der Waals surface area (Å²) in [5.41, 5.74) is 0.0592. The molecular weight excluding hydrogens is 843 g/mol. The molecule has 1 aliphatic rings. The molecule has 252 valence electrons. The van der Waals surface area contributed by atoms with Crippen LogP contribution in [0.1, 0.15) is 12.6 Å². The summed E-state index contributed by atoms with van der Waals surface area (Å²) >= 11 is 12.2. The summed E-state index contributed by atoms with van der Waals surface area (Å²) in [4.78, 5) is 58.6. The SMILES string of the molecule is CSCCNc1nc(SCCC(F)(F)F)nc2c1ncn2[C@@H]1O[C@H](COP(=O)([O-])OP(=O)([O-])C(Cl)(Cl)P(=O)([O-])[O-])[C@@H](O)[C@H]1O.[Na+].[Na+].[Na+].[Na+]. The molecule has 31 heteroatoms. The van der Waals surface area contributed by atoms with Crippen LogP contribution in [0.25, 0.3) is 11.2 Å². The number of rotatable bonds is 15. The van der Waals surface area contributed by atoms with E-state index in [2.05, 4.69) is 29.1 Å². The number of aromatic nitrogens is 4. The van der Waals surface area contributed by atoms with Crippen molar-refractivity contribution in [1.82, 2.24) is 19.5 Å². The first kappa shape index (κ1) is 53.9. The van der Waals surface area contributed by atoms with Gasteiger partial charge in [-0.05, 0) is 13.9 Å². The molecule has 2 unspecified atom stereocenters. The molecule has 3 N–H and O–H groups in total. The van der Waals surface area contributed by atoms with Gasteiger partial charge in [-0.1, -0.05) is 35.0 Å².